The molecule has 0 aliphatic rings. The van der Waals surface area contributed by atoms with Crippen LogP contribution in [0.1, 0.15) is 32.8 Å². The number of benzene rings is 1. The van der Waals surface area contributed by atoms with Gasteiger partial charge in [0.05, 0.1) is 0 Å². The highest BCUT2D eigenvalue weighted by Gasteiger charge is 2.29. The highest BCUT2D eigenvalue weighted by Crippen LogP contribution is 2.25. The molecule has 0 saturated heterocycles. The Morgan fingerprint density at radius 2 is 1.90 bits per heavy atom. The monoisotopic (exact) mass is 320 g/mol. The zero-order valence-electron chi connectivity index (χ0n) is 12.8. The van der Waals surface area contributed by atoms with Gasteiger partial charge in [0.2, 0.25) is 10.0 Å². The van der Waals surface area contributed by atoms with Crippen LogP contribution in [-0.2, 0) is 16.6 Å². The van der Waals surface area contributed by atoms with Crippen molar-refractivity contribution in [2.45, 2.75) is 44.7 Å². The number of hydrogen-bond donors (Lipinski definition) is 1. The SMILES string of the molecule is CCNCc1c(F)ccc(S(=O)(=O)N(C)C(C)CC)c1F. The van der Waals surface area contributed by atoms with Crippen LogP contribution in [0.2, 0.25) is 0 Å². The molecule has 4 nitrogen and oxygen atoms in total. The van der Waals surface area contributed by atoms with E-state index >= 15 is 0 Å². The third-order valence-electron chi connectivity index (χ3n) is 3.57. The minimum Gasteiger partial charge on any atom is -0.313 e. The maximum Gasteiger partial charge on any atom is 0.245 e. The van der Waals surface area contributed by atoms with Crippen LogP contribution < -0.4 is 5.32 Å². The van der Waals surface area contributed by atoms with Gasteiger partial charge in [-0.25, -0.2) is 17.2 Å². The molecule has 1 aromatic rings. The van der Waals surface area contributed by atoms with Gasteiger partial charge >= 0.3 is 0 Å². The molecule has 0 aromatic heterocycles. The first-order valence-electron chi connectivity index (χ1n) is 6.92. The van der Waals surface area contributed by atoms with Crippen molar-refractivity contribution >= 4 is 10.0 Å². The Balaban J connectivity index is 3.31. The standard InChI is InChI=1S/C14H22F2N2O2S/c1-5-10(3)18(4)21(19,20)13-8-7-12(15)11(14(13)16)9-17-6-2/h7-8,10,17H,5-6,9H2,1-4H3. The van der Waals surface area contributed by atoms with Crippen LogP contribution in [0.25, 0.3) is 0 Å². The van der Waals surface area contributed by atoms with Crippen molar-refractivity contribution in [1.82, 2.24) is 9.62 Å². The summed E-state index contributed by atoms with van der Waals surface area (Å²) in [5.74, 6) is -1.77. The van der Waals surface area contributed by atoms with Gasteiger partial charge in [-0.15, -0.1) is 0 Å². The highest BCUT2D eigenvalue weighted by atomic mass is 32.2. The Morgan fingerprint density at radius 1 is 1.29 bits per heavy atom. The van der Waals surface area contributed by atoms with Crippen LogP contribution in [0, 0.1) is 11.6 Å². The molecule has 1 N–H and O–H groups in total. The third-order valence-corrected chi connectivity index (χ3v) is 5.56. The number of sulfonamides is 1. The molecule has 0 aliphatic heterocycles. The van der Waals surface area contributed by atoms with Gasteiger partial charge in [-0.2, -0.15) is 4.31 Å². The van der Waals surface area contributed by atoms with Gasteiger partial charge in [-0.3, -0.25) is 0 Å². The van der Waals surface area contributed by atoms with E-state index in [0.29, 0.717) is 13.0 Å². The number of hydrogen-bond acceptors (Lipinski definition) is 3. The van der Waals surface area contributed by atoms with Gasteiger partial charge in [0.15, 0.2) is 5.82 Å². The fraction of sp³-hybridized carbons (Fsp3) is 0.571. The van der Waals surface area contributed by atoms with Crippen molar-refractivity contribution in [3.05, 3.63) is 29.3 Å². The summed E-state index contributed by atoms with van der Waals surface area (Å²) in [6.07, 6.45) is 0.600. The van der Waals surface area contributed by atoms with E-state index in [-0.39, 0.29) is 18.2 Å². The fourth-order valence-electron chi connectivity index (χ4n) is 1.84. The van der Waals surface area contributed by atoms with Crippen LogP contribution in [0.5, 0.6) is 0 Å². The predicted octanol–water partition coefficient (Wildman–Crippen LogP) is 2.49. The third kappa shape index (κ3) is 3.78. The molecule has 1 unspecified atom stereocenters. The molecule has 0 spiro atoms. The van der Waals surface area contributed by atoms with Crippen LogP contribution in [0.4, 0.5) is 8.78 Å². The number of nitrogens with zero attached hydrogens (tertiary/aromatic N) is 1. The van der Waals surface area contributed by atoms with E-state index in [9.17, 15) is 17.2 Å². The first-order valence-corrected chi connectivity index (χ1v) is 8.36. The smallest absolute Gasteiger partial charge is 0.245 e. The summed E-state index contributed by atoms with van der Waals surface area (Å²) in [7, 11) is -2.58. The topological polar surface area (TPSA) is 49.4 Å². The van der Waals surface area contributed by atoms with Crippen molar-refractivity contribution < 1.29 is 17.2 Å². The molecule has 0 amide bonds. The predicted molar refractivity (Wildman–Crippen MR) is 78.4 cm³/mol. The Bertz CT molecular complexity index is 591. The molecule has 0 bridgehead atoms. The molecule has 0 saturated carbocycles. The van der Waals surface area contributed by atoms with Crippen molar-refractivity contribution in [3.8, 4) is 0 Å². The van der Waals surface area contributed by atoms with Crippen molar-refractivity contribution in [2.75, 3.05) is 13.6 Å². The molecule has 1 rings (SSSR count). The molecule has 21 heavy (non-hydrogen) atoms. The van der Waals surface area contributed by atoms with Gasteiger partial charge in [0.25, 0.3) is 0 Å². The lowest BCUT2D eigenvalue weighted by atomic mass is 10.2. The molecule has 0 aliphatic carbocycles. The first kappa shape index (κ1) is 18.0. The number of rotatable bonds is 7. The van der Waals surface area contributed by atoms with Gasteiger partial charge in [-0.05, 0) is 32.0 Å². The Labute approximate surface area is 125 Å². The van der Waals surface area contributed by atoms with Crippen LogP contribution in [-0.4, -0.2) is 32.4 Å². The van der Waals surface area contributed by atoms with E-state index in [0.717, 1.165) is 16.4 Å². The van der Waals surface area contributed by atoms with Crippen LogP contribution >= 0.6 is 0 Å². The van der Waals surface area contributed by atoms with Gasteiger partial charge in [-0.1, -0.05) is 13.8 Å². The minimum absolute atomic E-state index is 0.0510. The van der Waals surface area contributed by atoms with Crippen LogP contribution in [0.3, 0.4) is 0 Å². The second-order valence-corrected chi connectivity index (χ2v) is 6.86. The maximum absolute atomic E-state index is 14.4. The summed E-state index contributed by atoms with van der Waals surface area (Å²) >= 11 is 0. The molecule has 1 aromatic carbocycles. The Hall–Kier alpha value is -1.05. The summed E-state index contributed by atoms with van der Waals surface area (Å²) in [4.78, 5) is -0.486. The first-order chi connectivity index (χ1) is 9.77. The van der Waals surface area contributed by atoms with E-state index in [4.69, 9.17) is 0 Å². The maximum atomic E-state index is 14.4. The van der Waals surface area contributed by atoms with E-state index in [2.05, 4.69) is 5.32 Å². The number of halogens is 2. The number of nitrogens with one attached hydrogen (secondary N) is 1. The minimum atomic E-state index is -3.98. The highest BCUT2D eigenvalue weighted by molar-refractivity contribution is 7.89. The lowest BCUT2D eigenvalue weighted by Gasteiger charge is -2.24. The second kappa shape index (κ2) is 7.29. The summed E-state index contributed by atoms with van der Waals surface area (Å²) in [6.45, 7) is 5.85. The summed E-state index contributed by atoms with van der Waals surface area (Å²) in [5, 5.41) is 2.80. The molecule has 120 valence electrons. The summed E-state index contributed by atoms with van der Waals surface area (Å²) in [6, 6.07) is 1.71. The molecule has 0 heterocycles. The summed E-state index contributed by atoms with van der Waals surface area (Å²) in [5.41, 5.74) is -0.254. The van der Waals surface area contributed by atoms with E-state index in [1.807, 2.05) is 6.92 Å². The second-order valence-electron chi connectivity index (χ2n) is 4.90. The zero-order valence-corrected chi connectivity index (χ0v) is 13.6. The molecular weight excluding hydrogens is 298 g/mol. The fourth-order valence-corrected chi connectivity index (χ4v) is 3.36. The molecule has 0 radical (unpaired) electrons. The quantitative estimate of drug-likeness (QED) is 0.840. The van der Waals surface area contributed by atoms with Gasteiger partial charge in [0, 0.05) is 25.2 Å². The van der Waals surface area contributed by atoms with Crippen LogP contribution in [0.15, 0.2) is 17.0 Å². The zero-order chi connectivity index (χ0) is 16.2. The lowest BCUT2D eigenvalue weighted by Crippen LogP contribution is -2.35. The van der Waals surface area contributed by atoms with Gasteiger partial charge < -0.3 is 5.32 Å². The summed E-state index contributed by atoms with van der Waals surface area (Å²) < 4.78 is 54.1. The van der Waals surface area contributed by atoms with E-state index in [1.165, 1.54) is 7.05 Å². The molecule has 7 heteroatoms. The lowest BCUT2D eigenvalue weighted by molar-refractivity contribution is 0.377. The Morgan fingerprint density at radius 3 is 2.43 bits per heavy atom. The van der Waals surface area contributed by atoms with Crippen molar-refractivity contribution in [2.24, 2.45) is 0 Å². The average Bonchev–Trinajstić information content (AvgIpc) is 2.45. The van der Waals surface area contributed by atoms with E-state index in [1.54, 1.807) is 13.8 Å². The Kier molecular flexibility index (Phi) is 6.24. The molecule has 1 atom stereocenters. The van der Waals surface area contributed by atoms with E-state index < -0.39 is 26.6 Å². The largest absolute Gasteiger partial charge is 0.313 e. The van der Waals surface area contributed by atoms with Crippen molar-refractivity contribution in [1.29, 1.82) is 0 Å². The molecule has 0 fully saturated rings. The van der Waals surface area contributed by atoms with Gasteiger partial charge in [0.1, 0.15) is 10.7 Å². The van der Waals surface area contributed by atoms with Crippen molar-refractivity contribution in [3.63, 3.8) is 0 Å². The normalized spacial score (nSPS) is 13.7. The molecular formula is C14H22F2N2O2S. The average molecular weight is 320 g/mol.